The van der Waals surface area contributed by atoms with Gasteiger partial charge in [0.2, 0.25) is 0 Å². The average Bonchev–Trinajstić information content (AvgIpc) is 2.36. The monoisotopic (exact) mass is 167 g/mol. The summed E-state index contributed by atoms with van der Waals surface area (Å²) < 4.78 is 1.95. The molecule has 1 aromatic heterocycles. The number of aryl methyl sites for hydroxylation is 1. The highest BCUT2D eigenvalue weighted by Gasteiger charge is 1.98. The quantitative estimate of drug-likeness (QED) is 0.499. The van der Waals surface area contributed by atoms with Crippen molar-refractivity contribution < 1.29 is 4.84 Å². The Hall–Kier alpha value is -1.32. The summed E-state index contributed by atoms with van der Waals surface area (Å²) >= 11 is 0. The van der Waals surface area contributed by atoms with Crippen molar-refractivity contribution in [1.29, 1.82) is 0 Å². The molecule has 0 amide bonds. The van der Waals surface area contributed by atoms with Crippen molar-refractivity contribution in [2.24, 2.45) is 12.2 Å². The highest BCUT2D eigenvalue weighted by Crippen LogP contribution is 1.97. The first-order valence-electron chi connectivity index (χ1n) is 3.89. The molecule has 0 bridgehead atoms. The fourth-order valence-corrected chi connectivity index (χ4v) is 0.792. The van der Waals surface area contributed by atoms with Gasteiger partial charge in [-0.3, -0.25) is 0 Å². The number of nitrogens with zero attached hydrogens (tertiary/aromatic N) is 3. The molecular formula is C8H13N3O. The van der Waals surface area contributed by atoms with Crippen molar-refractivity contribution >= 4 is 6.21 Å². The van der Waals surface area contributed by atoms with Crippen molar-refractivity contribution in [1.82, 2.24) is 9.55 Å². The van der Waals surface area contributed by atoms with Crippen LogP contribution < -0.4 is 0 Å². The maximum atomic E-state index is 4.82. The van der Waals surface area contributed by atoms with Gasteiger partial charge in [-0.2, -0.15) is 0 Å². The van der Waals surface area contributed by atoms with Gasteiger partial charge in [-0.05, 0) is 13.8 Å². The van der Waals surface area contributed by atoms with Gasteiger partial charge in [0.1, 0.15) is 12.8 Å². The second-order valence-electron chi connectivity index (χ2n) is 2.47. The van der Waals surface area contributed by atoms with E-state index in [4.69, 9.17) is 4.84 Å². The Kier molecular flexibility index (Phi) is 2.85. The molecule has 66 valence electrons. The van der Waals surface area contributed by atoms with Crippen molar-refractivity contribution in [2.75, 3.05) is 6.61 Å². The van der Waals surface area contributed by atoms with Crippen LogP contribution in [0.5, 0.6) is 0 Å². The second kappa shape index (κ2) is 3.90. The second-order valence-corrected chi connectivity index (χ2v) is 2.47. The first kappa shape index (κ1) is 8.77. The SMILES string of the molecule is CCO/N=C/c1ncc(C)n1C. The summed E-state index contributed by atoms with van der Waals surface area (Å²) in [6.45, 7) is 4.46. The Labute approximate surface area is 71.9 Å². The van der Waals surface area contributed by atoms with Gasteiger partial charge in [-0.1, -0.05) is 5.16 Å². The van der Waals surface area contributed by atoms with E-state index in [2.05, 4.69) is 10.1 Å². The van der Waals surface area contributed by atoms with Gasteiger partial charge < -0.3 is 9.40 Å². The Balaban J connectivity index is 2.69. The summed E-state index contributed by atoms with van der Waals surface area (Å²) in [4.78, 5) is 8.94. The van der Waals surface area contributed by atoms with Crippen LogP contribution in [-0.4, -0.2) is 22.4 Å². The first-order valence-corrected chi connectivity index (χ1v) is 3.89. The van der Waals surface area contributed by atoms with E-state index in [1.54, 1.807) is 12.4 Å². The van der Waals surface area contributed by atoms with Gasteiger partial charge in [0.05, 0.1) is 0 Å². The lowest BCUT2D eigenvalue weighted by molar-refractivity contribution is 0.160. The minimum atomic E-state index is 0.583. The molecular weight excluding hydrogens is 154 g/mol. The molecule has 0 saturated heterocycles. The third-order valence-corrected chi connectivity index (χ3v) is 1.63. The molecule has 12 heavy (non-hydrogen) atoms. The third-order valence-electron chi connectivity index (χ3n) is 1.63. The zero-order valence-electron chi connectivity index (χ0n) is 7.61. The normalized spacial score (nSPS) is 10.9. The largest absolute Gasteiger partial charge is 0.396 e. The van der Waals surface area contributed by atoms with Crippen LogP contribution in [0.25, 0.3) is 0 Å². The van der Waals surface area contributed by atoms with Gasteiger partial charge in [-0.15, -0.1) is 0 Å². The minimum absolute atomic E-state index is 0.583. The number of hydrogen-bond donors (Lipinski definition) is 0. The molecule has 0 aromatic carbocycles. The highest BCUT2D eigenvalue weighted by molar-refractivity contribution is 5.74. The van der Waals surface area contributed by atoms with E-state index in [1.165, 1.54) is 0 Å². The van der Waals surface area contributed by atoms with E-state index in [1.807, 2.05) is 25.5 Å². The number of rotatable bonds is 3. The van der Waals surface area contributed by atoms with E-state index >= 15 is 0 Å². The van der Waals surface area contributed by atoms with Crippen LogP contribution in [0.15, 0.2) is 11.4 Å². The molecule has 1 rings (SSSR count). The molecule has 4 heteroatoms. The van der Waals surface area contributed by atoms with Crippen molar-refractivity contribution in [3.63, 3.8) is 0 Å². The predicted octanol–water partition coefficient (Wildman–Crippen LogP) is 1.10. The lowest BCUT2D eigenvalue weighted by Gasteiger charge is -1.96. The molecule has 1 heterocycles. The van der Waals surface area contributed by atoms with Gasteiger partial charge >= 0.3 is 0 Å². The van der Waals surface area contributed by atoms with Crippen molar-refractivity contribution in [3.05, 3.63) is 17.7 Å². The van der Waals surface area contributed by atoms with E-state index in [9.17, 15) is 0 Å². The molecule has 4 nitrogen and oxygen atoms in total. The molecule has 0 atom stereocenters. The standard InChI is InChI=1S/C8H13N3O/c1-4-12-10-6-8-9-5-7(2)11(8)3/h5-6H,4H2,1-3H3/b10-6+. The summed E-state index contributed by atoms with van der Waals surface area (Å²) in [6, 6.07) is 0. The van der Waals surface area contributed by atoms with Gasteiger partial charge in [0, 0.05) is 18.9 Å². The van der Waals surface area contributed by atoms with E-state index < -0.39 is 0 Å². The average molecular weight is 167 g/mol. The first-order chi connectivity index (χ1) is 5.75. The summed E-state index contributed by atoms with van der Waals surface area (Å²) in [5, 5.41) is 3.73. The number of oxime groups is 1. The van der Waals surface area contributed by atoms with Gasteiger partial charge in [0.25, 0.3) is 0 Å². The minimum Gasteiger partial charge on any atom is -0.396 e. The van der Waals surface area contributed by atoms with E-state index in [0.29, 0.717) is 6.61 Å². The molecule has 0 fully saturated rings. The van der Waals surface area contributed by atoms with E-state index in [0.717, 1.165) is 11.5 Å². The molecule has 0 N–H and O–H groups in total. The van der Waals surface area contributed by atoms with Crippen LogP contribution in [-0.2, 0) is 11.9 Å². The van der Waals surface area contributed by atoms with Crippen molar-refractivity contribution in [3.8, 4) is 0 Å². The summed E-state index contributed by atoms with van der Waals surface area (Å²) in [7, 11) is 1.94. The number of aromatic nitrogens is 2. The molecule has 0 spiro atoms. The topological polar surface area (TPSA) is 39.4 Å². The van der Waals surface area contributed by atoms with Gasteiger partial charge in [0.15, 0.2) is 5.82 Å². The molecule has 0 aliphatic rings. The van der Waals surface area contributed by atoms with Gasteiger partial charge in [-0.25, -0.2) is 4.98 Å². The molecule has 1 aromatic rings. The molecule has 0 saturated carbocycles. The summed E-state index contributed by atoms with van der Waals surface area (Å²) in [5.74, 6) is 0.806. The predicted molar refractivity (Wildman–Crippen MR) is 47.2 cm³/mol. The Morgan fingerprint density at radius 2 is 2.50 bits per heavy atom. The Morgan fingerprint density at radius 3 is 3.00 bits per heavy atom. The molecule has 0 unspecified atom stereocenters. The zero-order chi connectivity index (χ0) is 8.97. The third kappa shape index (κ3) is 1.84. The lowest BCUT2D eigenvalue weighted by atomic mass is 10.5. The van der Waals surface area contributed by atoms with Crippen molar-refractivity contribution in [2.45, 2.75) is 13.8 Å². The van der Waals surface area contributed by atoms with Crippen LogP contribution >= 0.6 is 0 Å². The maximum Gasteiger partial charge on any atom is 0.154 e. The van der Waals surface area contributed by atoms with Crippen LogP contribution in [0.1, 0.15) is 18.4 Å². The fraction of sp³-hybridized carbons (Fsp3) is 0.500. The molecule has 0 aliphatic carbocycles. The number of hydrogen-bond acceptors (Lipinski definition) is 3. The van der Waals surface area contributed by atoms with Crippen LogP contribution in [0.4, 0.5) is 0 Å². The van der Waals surface area contributed by atoms with Crippen LogP contribution in [0.2, 0.25) is 0 Å². The smallest absolute Gasteiger partial charge is 0.154 e. The van der Waals surface area contributed by atoms with Crippen LogP contribution in [0, 0.1) is 6.92 Å². The number of imidazole rings is 1. The molecule has 0 radical (unpaired) electrons. The summed E-state index contributed by atoms with van der Waals surface area (Å²) in [6.07, 6.45) is 3.41. The van der Waals surface area contributed by atoms with E-state index in [-0.39, 0.29) is 0 Å². The molecule has 0 aliphatic heterocycles. The van der Waals surface area contributed by atoms with Crippen LogP contribution in [0.3, 0.4) is 0 Å². The summed E-state index contributed by atoms with van der Waals surface area (Å²) in [5.41, 5.74) is 1.10. The maximum absolute atomic E-state index is 4.82. The Morgan fingerprint density at radius 1 is 1.75 bits per heavy atom. The zero-order valence-corrected chi connectivity index (χ0v) is 7.61. The fourth-order valence-electron chi connectivity index (χ4n) is 0.792. The Bertz CT molecular complexity index is 278. The lowest BCUT2D eigenvalue weighted by Crippen LogP contribution is -1.98. The highest BCUT2D eigenvalue weighted by atomic mass is 16.6.